The molecule has 1 aliphatic rings. The maximum atomic E-state index is 13.5. The molecule has 1 atom stereocenters. The van der Waals surface area contributed by atoms with Gasteiger partial charge in [-0.25, -0.2) is 0 Å². The van der Waals surface area contributed by atoms with Gasteiger partial charge >= 0.3 is 11.9 Å². The van der Waals surface area contributed by atoms with Crippen molar-refractivity contribution in [3.63, 3.8) is 0 Å². The van der Waals surface area contributed by atoms with Crippen molar-refractivity contribution >= 4 is 20.0 Å². The summed E-state index contributed by atoms with van der Waals surface area (Å²) in [5, 5.41) is 0. The Labute approximate surface area is 211 Å². The quantitative estimate of drug-likeness (QED) is 0.214. The van der Waals surface area contributed by atoms with Gasteiger partial charge in [0.15, 0.2) is 5.41 Å². The van der Waals surface area contributed by atoms with Crippen LogP contribution in [0, 0.1) is 11.3 Å². The van der Waals surface area contributed by atoms with Crippen LogP contribution < -0.4 is 0 Å². The van der Waals surface area contributed by atoms with E-state index in [-0.39, 0.29) is 19.1 Å². The summed E-state index contributed by atoms with van der Waals surface area (Å²) in [5.41, 5.74) is 3.76. The van der Waals surface area contributed by atoms with E-state index in [1.807, 2.05) is 60.7 Å². The predicted molar refractivity (Wildman–Crippen MR) is 143 cm³/mol. The van der Waals surface area contributed by atoms with E-state index < -0.39 is 25.4 Å². The molecule has 0 aliphatic heterocycles. The molecule has 1 unspecified atom stereocenters. The molecule has 0 amide bonds. The van der Waals surface area contributed by atoms with Crippen molar-refractivity contribution in [2.75, 3.05) is 0 Å². The summed E-state index contributed by atoms with van der Waals surface area (Å²) in [6.07, 6.45) is 0.688. The molecule has 0 spiro atoms. The first kappa shape index (κ1) is 26.7. The highest BCUT2D eigenvalue weighted by Gasteiger charge is 2.55. The molecule has 4 nitrogen and oxygen atoms in total. The summed E-state index contributed by atoms with van der Waals surface area (Å²) in [4.78, 5) is 27.1. The number of esters is 2. The maximum Gasteiger partial charge on any atom is 0.324 e. The van der Waals surface area contributed by atoms with E-state index in [4.69, 9.17) is 9.47 Å². The zero-order valence-electron chi connectivity index (χ0n) is 21.7. The van der Waals surface area contributed by atoms with Crippen LogP contribution in [0.2, 0.25) is 25.7 Å². The second kappa shape index (κ2) is 11.2. The van der Waals surface area contributed by atoms with Crippen LogP contribution in [0.1, 0.15) is 37.8 Å². The molecule has 0 N–H and O–H groups in total. The lowest BCUT2D eigenvalue weighted by molar-refractivity contribution is -0.174. The van der Waals surface area contributed by atoms with Crippen LogP contribution in [0.25, 0.3) is 0 Å². The lowest BCUT2D eigenvalue weighted by Crippen LogP contribution is -2.40. The van der Waals surface area contributed by atoms with Crippen LogP contribution in [0.15, 0.2) is 84.0 Å². The predicted octanol–water partition coefficient (Wildman–Crippen LogP) is 7.10. The molecule has 1 fully saturated rings. The highest BCUT2D eigenvalue weighted by Crippen LogP contribution is 2.49. The Morgan fingerprint density at radius 2 is 1.37 bits per heavy atom. The van der Waals surface area contributed by atoms with Gasteiger partial charge in [-0.05, 0) is 48.4 Å². The molecule has 0 radical (unpaired) electrons. The molecule has 0 heterocycles. The third-order valence-electron chi connectivity index (χ3n) is 6.70. The number of hydrogen-bond donors (Lipinski definition) is 0. The minimum atomic E-state index is -1.35. The maximum absolute atomic E-state index is 13.5. The lowest BCUT2D eigenvalue weighted by Gasteiger charge is -2.25. The van der Waals surface area contributed by atoms with E-state index in [1.165, 1.54) is 0 Å². The van der Waals surface area contributed by atoms with Crippen molar-refractivity contribution in [1.29, 1.82) is 0 Å². The van der Waals surface area contributed by atoms with Crippen LogP contribution in [-0.4, -0.2) is 20.0 Å². The van der Waals surface area contributed by atoms with E-state index in [1.54, 1.807) is 0 Å². The zero-order chi connectivity index (χ0) is 25.6. The first-order valence-corrected chi connectivity index (χ1v) is 16.0. The van der Waals surface area contributed by atoms with Gasteiger partial charge in [-0.15, -0.1) is 0 Å². The smallest absolute Gasteiger partial charge is 0.324 e. The number of carbonyl (C=O) groups excluding carboxylic acids is 2. The third-order valence-corrected chi connectivity index (χ3v) is 8.19. The lowest BCUT2D eigenvalue weighted by atomic mass is 9.85. The SMILES string of the molecule is C=C(C[Si](C)(C)C)/C(C)=C1\CC(C(=O)OCc2ccccc2)(C(=O)OCc2ccccc2)CC1C. The van der Waals surface area contributed by atoms with Gasteiger partial charge in [0, 0.05) is 8.07 Å². The van der Waals surface area contributed by atoms with Crippen molar-refractivity contribution in [2.24, 2.45) is 11.3 Å². The molecule has 1 aliphatic carbocycles. The van der Waals surface area contributed by atoms with Gasteiger partial charge < -0.3 is 9.47 Å². The number of benzene rings is 2. The summed E-state index contributed by atoms with van der Waals surface area (Å²) in [7, 11) is -1.35. The minimum Gasteiger partial charge on any atom is -0.460 e. The fourth-order valence-corrected chi connectivity index (χ4v) is 6.38. The Morgan fingerprint density at radius 1 is 0.914 bits per heavy atom. The topological polar surface area (TPSA) is 52.6 Å². The van der Waals surface area contributed by atoms with Gasteiger partial charge in [-0.2, -0.15) is 0 Å². The van der Waals surface area contributed by atoms with Gasteiger partial charge in [-0.1, -0.05) is 105 Å². The molecule has 5 heteroatoms. The van der Waals surface area contributed by atoms with Gasteiger partial charge in [0.1, 0.15) is 13.2 Å². The third kappa shape index (κ3) is 6.82. The molecule has 0 aromatic heterocycles. The largest absolute Gasteiger partial charge is 0.460 e. The fraction of sp³-hybridized carbons (Fsp3) is 0.400. The van der Waals surface area contributed by atoms with Gasteiger partial charge in [0.05, 0.1) is 0 Å². The summed E-state index contributed by atoms with van der Waals surface area (Å²) >= 11 is 0. The van der Waals surface area contributed by atoms with Crippen LogP contribution in [0.3, 0.4) is 0 Å². The second-order valence-corrected chi connectivity index (χ2v) is 16.5. The Hall–Kier alpha value is -2.92. The molecular formula is C30H38O4Si. The van der Waals surface area contributed by atoms with E-state index in [9.17, 15) is 9.59 Å². The van der Waals surface area contributed by atoms with Crippen molar-refractivity contribution in [3.8, 4) is 0 Å². The molecule has 2 aromatic rings. The van der Waals surface area contributed by atoms with E-state index in [0.29, 0.717) is 12.8 Å². The number of ether oxygens (including phenoxy) is 2. The van der Waals surface area contributed by atoms with Crippen LogP contribution >= 0.6 is 0 Å². The molecular weight excluding hydrogens is 452 g/mol. The van der Waals surface area contributed by atoms with Crippen molar-refractivity contribution in [2.45, 2.75) is 65.6 Å². The summed E-state index contributed by atoms with van der Waals surface area (Å²) in [6, 6.07) is 20.0. The van der Waals surface area contributed by atoms with Crippen molar-refractivity contribution in [1.82, 2.24) is 0 Å². The summed E-state index contributed by atoms with van der Waals surface area (Å²) < 4.78 is 11.5. The number of rotatable bonds is 9. The van der Waals surface area contributed by atoms with Gasteiger partial charge in [-0.3, -0.25) is 9.59 Å². The molecule has 1 saturated carbocycles. The highest BCUT2D eigenvalue weighted by molar-refractivity contribution is 6.76. The Bertz CT molecular complexity index is 1020. The Kier molecular flexibility index (Phi) is 8.54. The van der Waals surface area contributed by atoms with Crippen molar-refractivity contribution in [3.05, 3.63) is 95.1 Å². The summed E-state index contributed by atoms with van der Waals surface area (Å²) in [6.45, 7) is 15.7. The average Bonchev–Trinajstić information content (AvgIpc) is 3.19. The minimum absolute atomic E-state index is 0.0573. The van der Waals surface area contributed by atoms with Crippen LogP contribution in [0.5, 0.6) is 0 Å². The van der Waals surface area contributed by atoms with E-state index in [2.05, 4.69) is 40.1 Å². The monoisotopic (exact) mass is 490 g/mol. The molecule has 2 aromatic carbocycles. The number of carbonyl (C=O) groups is 2. The van der Waals surface area contributed by atoms with Gasteiger partial charge in [0.2, 0.25) is 0 Å². The molecule has 0 bridgehead atoms. The number of hydrogen-bond acceptors (Lipinski definition) is 4. The molecule has 35 heavy (non-hydrogen) atoms. The highest BCUT2D eigenvalue weighted by atomic mass is 28.3. The van der Waals surface area contributed by atoms with E-state index >= 15 is 0 Å². The van der Waals surface area contributed by atoms with Crippen LogP contribution in [-0.2, 0) is 32.3 Å². The standard InChI is InChI=1S/C30H38O4Si/c1-22-17-30(28(31)33-19-25-13-9-7-10-14-25,29(32)34-20-26-15-11-8-12-16-26)18-27(22)24(3)23(2)21-35(4,5)6/h7-16,22H,2,17-21H2,1,3-6H3/b27-24+. The summed E-state index contributed by atoms with van der Waals surface area (Å²) in [5.74, 6) is -0.961. The number of allylic oxidation sites excluding steroid dienone is 3. The zero-order valence-corrected chi connectivity index (χ0v) is 22.7. The van der Waals surface area contributed by atoms with E-state index in [0.717, 1.165) is 33.9 Å². The fourth-order valence-electron chi connectivity index (χ4n) is 4.84. The first-order chi connectivity index (χ1) is 16.5. The molecule has 186 valence electrons. The van der Waals surface area contributed by atoms with Crippen LogP contribution in [0.4, 0.5) is 0 Å². The molecule has 0 saturated heterocycles. The normalized spacial score (nSPS) is 18.6. The van der Waals surface area contributed by atoms with Crippen molar-refractivity contribution < 1.29 is 19.1 Å². The second-order valence-electron chi connectivity index (χ2n) is 11.0. The first-order valence-electron chi connectivity index (χ1n) is 12.3. The Morgan fingerprint density at radius 3 is 1.80 bits per heavy atom. The Balaban J connectivity index is 1.87. The molecule has 3 rings (SSSR count). The van der Waals surface area contributed by atoms with Gasteiger partial charge in [0.25, 0.3) is 0 Å². The average molecular weight is 491 g/mol.